The molecule has 0 radical (unpaired) electrons. The Morgan fingerprint density at radius 1 is 1.38 bits per heavy atom. The monoisotopic (exact) mass is 221 g/mol. The lowest BCUT2D eigenvalue weighted by atomic mass is 10.0. The first-order valence-electron chi connectivity index (χ1n) is 5.84. The maximum absolute atomic E-state index is 9.00. The van der Waals surface area contributed by atoms with Crippen molar-refractivity contribution >= 4 is 5.82 Å². The van der Waals surface area contributed by atoms with Crippen molar-refractivity contribution in [3.63, 3.8) is 0 Å². The van der Waals surface area contributed by atoms with Crippen LogP contribution in [0.3, 0.4) is 0 Å². The molecule has 0 bridgehead atoms. The van der Waals surface area contributed by atoms with Crippen molar-refractivity contribution in [3.05, 3.63) is 17.6 Å². The van der Waals surface area contributed by atoms with Crippen LogP contribution in [0.25, 0.3) is 0 Å². The molecule has 0 aromatic carbocycles. The van der Waals surface area contributed by atoms with Crippen LogP contribution in [0.4, 0.5) is 5.82 Å². The third-order valence-corrected chi connectivity index (χ3v) is 3.07. The second-order valence-corrected chi connectivity index (χ2v) is 4.98. The molecule has 1 heterocycles. The highest BCUT2D eigenvalue weighted by Gasteiger charge is 2.22. The molecule has 2 rings (SSSR count). The Hall–Kier alpha value is -1.16. The Morgan fingerprint density at radius 3 is 2.94 bits per heavy atom. The lowest BCUT2D eigenvalue weighted by molar-refractivity contribution is 0.260. The second kappa shape index (κ2) is 4.37. The van der Waals surface area contributed by atoms with E-state index in [1.54, 1.807) is 6.33 Å². The molecule has 4 heteroatoms. The van der Waals surface area contributed by atoms with Gasteiger partial charge in [0.1, 0.15) is 12.1 Å². The van der Waals surface area contributed by atoms with Crippen molar-refractivity contribution in [2.75, 3.05) is 11.9 Å². The summed E-state index contributed by atoms with van der Waals surface area (Å²) in [5.41, 5.74) is 2.31. The van der Waals surface area contributed by atoms with Gasteiger partial charge in [0, 0.05) is 23.4 Å². The summed E-state index contributed by atoms with van der Waals surface area (Å²) in [4.78, 5) is 8.61. The van der Waals surface area contributed by atoms with Crippen LogP contribution in [0.1, 0.15) is 37.9 Å². The zero-order valence-corrected chi connectivity index (χ0v) is 9.95. The van der Waals surface area contributed by atoms with E-state index in [4.69, 9.17) is 5.11 Å². The van der Waals surface area contributed by atoms with Crippen molar-refractivity contribution in [3.8, 4) is 0 Å². The Kier molecular flexibility index (Phi) is 3.10. The molecule has 1 aromatic heterocycles. The number of hydrogen-bond donors (Lipinski definition) is 2. The van der Waals surface area contributed by atoms with Crippen LogP contribution in [0.2, 0.25) is 0 Å². The molecule has 0 saturated carbocycles. The van der Waals surface area contributed by atoms with Crippen molar-refractivity contribution in [1.82, 2.24) is 9.97 Å². The summed E-state index contributed by atoms with van der Waals surface area (Å²) in [6, 6.07) is 0. The fraction of sp³-hybridized carbons (Fsp3) is 0.667. The Bertz CT molecular complexity index is 377. The first-order valence-corrected chi connectivity index (χ1v) is 5.84. The molecule has 1 aromatic rings. The molecule has 0 saturated heterocycles. The normalized spacial score (nSPS) is 14.9. The molecule has 0 aliphatic heterocycles. The van der Waals surface area contributed by atoms with Gasteiger partial charge < -0.3 is 10.4 Å². The van der Waals surface area contributed by atoms with Crippen LogP contribution < -0.4 is 5.32 Å². The highest BCUT2D eigenvalue weighted by Crippen LogP contribution is 2.27. The molecule has 88 valence electrons. The quantitative estimate of drug-likeness (QED) is 0.809. The molecule has 4 nitrogen and oxygen atoms in total. The number of aliphatic hydroxyl groups excluding tert-OH is 1. The predicted molar refractivity (Wildman–Crippen MR) is 63.5 cm³/mol. The first kappa shape index (κ1) is 11.3. The first-order chi connectivity index (χ1) is 7.62. The number of aliphatic hydroxyl groups is 1. The van der Waals surface area contributed by atoms with Crippen LogP contribution >= 0.6 is 0 Å². The number of hydrogen-bond acceptors (Lipinski definition) is 4. The van der Waals surface area contributed by atoms with Gasteiger partial charge in [-0.15, -0.1) is 0 Å². The summed E-state index contributed by atoms with van der Waals surface area (Å²) in [5, 5.41) is 12.4. The van der Waals surface area contributed by atoms with E-state index in [2.05, 4.69) is 29.1 Å². The lowest BCUT2D eigenvalue weighted by Crippen LogP contribution is -2.33. The van der Waals surface area contributed by atoms with Crippen LogP contribution in [0, 0.1) is 0 Å². The third-order valence-electron chi connectivity index (χ3n) is 3.07. The molecule has 0 unspecified atom stereocenters. The van der Waals surface area contributed by atoms with E-state index in [1.165, 1.54) is 17.7 Å². The summed E-state index contributed by atoms with van der Waals surface area (Å²) >= 11 is 0. The SMILES string of the molecule is CC(C)(CCO)Nc1ncnc2c1CCC2. The Morgan fingerprint density at radius 2 is 2.19 bits per heavy atom. The maximum atomic E-state index is 9.00. The van der Waals surface area contributed by atoms with E-state index in [0.717, 1.165) is 18.7 Å². The van der Waals surface area contributed by atoms with Gasteiger partial charge in [-0.05, 0) is 39.5 Å². The number of nitrogens with one attached hydrogen (secondary N) is 1. The minimum absolute atomic E-state index is 0.126. The van der Waals surface area contributed by atoms with Gasteiger partial charge in [0.05, 0.1) is 0 Å². The Labute approximate surface area is 96.1 Å². The average molecular weight is 221 g/mol. The number of rotatable bonds is 4. The fourth-order valence-electron chi connectivity index (χ4n) is 2.13. The van der Waals surface area contributed by atoms with Gasteiger partial charge in [-0.25, -0.2) is 9.97 Å². The van der Waals surface area contributed by atoms with Gasteiger partial charge >= 0.3 is 0 Å². The van der Waals surface area contributed by atoms with Crippen molar-refractivity contribution < 1.29 is 5.11 Å². The number of aromatic nitrogens is 2. The van der Waals surface area contributed by atoms with Crippen molar-refractivity contribution in [2.24, 2.45) is 0 Å². The molecule has 0 amide bonds. The van der Waals surface area contributed by atoms with Crippen LogP contribution in [-0.2, 0) is 12.8 Å². The molecule has 1 aliphatic rings. The number of aryl methyl sites for hydroxylation is 1. The summed E-state index contributed by atoms with van der Waals surface area (Å²) in [6.45, 7) is 4.34. The summed E-state index contributed by atoms with van der Waals surface area (Å²) < 4.78 is 0. The van der Waals surface area contributed by atoms with Gasteiger partial charge in [0.2, 0.25) is 0 Å². The largest absolute Gasteiger partial charge is 0.396 e. The van der Waals surface area contributed by atoms with Gasteiger partial charge in [-0.2, -0.15) is 0 Å². The summed E-state index contributed by atoms with van der Waals surface area (Å²) in [5.74, 6) is 0.945. The average Bonchev–Trinajstić information content (AvgIpc) is 2.65. The van der Waals surface area contributed by atoms with Crippen LogP contribution in [-0.4, -0.2) is 27.2 Å². The molecule has 0 atom stereocenters. The standard InChI is InChI=1S/C12H19N3O/c1-12(2,6-7-16)15-11-9-4-3-5-10(9)13-8-14-11/h8,16H,3-7H2,1-2H3,(H,13,14,15). The predicted octanol–water partition coefficient (Wildman–Crippen LogP) is 1.54. The lowest BCUT2D eigenvalue weighted by Gasteiger charge is -2.27. The zero-order valence-electron chi connectivity index (χ0n) is 9.95. The zero-order chi connectivity index (χ0) is 11.6. The number of anilines is 1. The highest BCUT2D eigenvalue weighted by molar-refractivity contribution is 5.49. The molecule has 0 spiro atoms. The van der Waals surface area contributed by atoms with Crippen LogP contribution in [0.5, 0.6) is 0 Å². The van der Waals surface area contributed by atoms with E-state index < -0.39 is 0 Å². The molecular formula is C12H19N3O. The molecule has 16 heavy (non-hydrogen) atoms. The second-order valence-electron chi connectivity index (χ2n) is 4.98. The molecule has 0 fully saturated rings. The number of nitrogens with zero attached hydrogens (tertiary/aromatic N) is 2. The third kappa shape index (κ3) is 2.32. The molecule has 1 aliphatic carbocycles. The summed E-state index contributed by atoms with van der Waals surface area (Å²) in [7, 11) is 0. The summed E-state index contributed by atoms with van der Waals surface area (Å²) in [6.07, 6.45) is 5.64. The van der Waals surface area contributed by atoms with Gasteiger partial charge in [-0.3, -0.25) is 0 Å². The van der Waals surface area contributed by atoms with E-state index in [1.807, 2.05) is 0 Å². The maximum Gasteiger partial charge on any atom is 0.133 e. The molecular weight excluding hydrogens is 202 g/mol. The van der Waals surface area contributed by atoms with E-state index in [9.17, 15) is 0 Å². The van der Waals surface area contributed by atoms with Gasteiger partial charge in [0.25, 0.3) is 0 Å². The van der Waals surface area contributed by atoms with Crippen LogP contribution in [0.15, 0.2) is 6.33 Å². The number of fused-ring (bicyclic) bond motifs is 1. The smallest absolute Gasteiger partial charge is 0.133 e. The minimum atomic E-state index is -0.126. The van der Waals surface area contributed by atoms with E-state index in [0.29, 0.717) is 6.42 Å². The van der Waals surface area contributed by atoms with E-state index >= 15 is 0 Å². The van der Waals surface area contributed by atoms with Crippen molar-refractivity contribution in [1.29, 1.82) is 0 Å². The van der Waals surface area contributed by atoms with E-state index in [-0.39, 0.29) is 12.1 Å². The van der Waals surface area contributed by atoms with Gasteiger partial charge in [-0.1, -0.05) is 0 Å². The Balaban J connectivity index is 2.19. The topological polar surface area (TPSA) is 58.0 Å². The minimum Gasteiger partial charge on any atom is -0.396 e. The fourth-order valence-corrected chi connectivity index (χ4v) is 2.13. The highest BCUT2D eigenvalue weighted by atomic mass is 16.3. The van der Waals surface area contributed by atoms with Gasteiger partial charge in [0.15, 0.2) is 0 Å². The van der Waals surface area contributed by atoms with Crippen molar-refractivity contribution in [2.45, 2.75) is 45.1 Å². The molecule has 2 N–H and O–H groups in total.